The summed E-state index contributed by atoms with van der Waals surface area (Å²) >= 11 is 1.42. The van der Waals surface area contributed by atoms with Gasteiger partial charge in [0.15, 0.2) is 5.13 Å². The van der Waals surface area contributed by atoms with Gasteiger partial charge in [0.05, 0.1) is 30.3 Å². The monoisotopic (exact) mass is 376 g/mol. The molecule has 4 rings (SSSR count). The summed E-state index contributed by atoms with van der Waals surface area (Å²) < 4.78 is 34.2. The molecular formula is C17H14F2N4O2S. The van der Waals surface area contributed by atoms with Crippen molar-refractivity contribution in [2.24, 2.45) is 0 Å². The molecule has 1 aliphatic carbocycles. The van der Waals surface area contributed by atoms with Gasteiger partial charge in [-0.1, -0.05) is 0 Å². The first-order valence-corrected chi connectivity index (χ1v) is 8.93. The minimum atomic E-state index is -1.07. The van der Waals surface area contributed by atoms with Crippen LogP contribution in [-0.2, 0) is 10.2 Å². The summed E-state index contributed by atoms with van der Waals surface area (Å²) in [6.45, 7) is 0.509. The van der Waals surface area contributed by atoms with Crippen LogP contribution in [0.5, 0.6) is 0 Å². The number of carbonyl (C=O) groups excluding carboxylic acids is 1. The van der Waals surface area contributed by atoms with Crippen LogP contribution < -0.4 is 10.2 Å². The van der Waals surface area contributed by atoms with Crippen molar-refractivity contribution in [2.45, 2.75) is 24.4 Å². The van der Waals surface area contributed by atoms with Crippen LogP contribution in [0.15, 0.2) is 23.7 Å². The van der Waals surface area contributed by atoms with Crippen molar-refractivity contribution < 1.29 is 18.3 Å². The van der Waals surface area contributed by atoms with Gasteiger partial charge in [-0.05, 0) is 25.0 Å². The predicted octanol–water partition coefficient (Wildman–Crippen LogP) is 3.41. The van der Waals surface area contributed by atoms with Crippen LogP contribution >= 0.6 is 11.3 Å². The number of nitriles is 1. The molecule has 26 heavy (non-hydrogen) atoms. The van der Waals surface area contributed by atoms with E-state index in [1.807, 2.05) is 11.4 Å². The topological polar surface area (TPSA) is 78.2 Å². The van der Waals surface area contributed by atoms with E-state index in [1.54, 1.807) is 6.20 Å². The van der Waals surface area contributed by atoms with Crippen LogP contribution in [0.4, 0.5) is 24.4 Å². The second-order valence-corrected chi connectivity index (χ2v) is 7.21. The van der Waals surface area contributed by atoms with Gasteiger partial charge in [-0.25, -0.2) is 18.6 Å². The molecule has 0 radical (unpaired) electrons. The number of rotatable bonds is 5. The summed E-state index contributed by atoms with van der Waals surface area (Å²) in [5.41, 5.74) is -1.20. The summed E-state index contributed by atoms with van der Waals surface area (Å²) in [4.78, 5) is 17.3. The molecule has 2 fully saturated rings. The largest absolute Gasteiger partial charge is 0.442 e. The Morgan fingerprint density at radius 2 is 2.15 bits per heavy atom. The maximum Gasteiger partial charge on any atom is 0.414 e. The highest BCUT2D eigenvalue weighted by molar-refractivity contribution is 7.13. The normalized spacial score (nSPS) is 20.6. The zero-order valence-corrected chi connectivity index (χ0v) is 14.4. The van der Waals surface area contributed by atoms with Crippen molar-refractivity contribution in [3.05, 3.63) is 40.9 Å². The standard InChI is InChI=1S/C17H14F2N4O2S/c18-12-5-10(6-13(19)14(12)17(9-20)1-2-17)23-8-11(25-16(23)24)7-22-15-21-3-4-26-15/h3-6,11H,1-2,7-8H2,(H,21,22)/t11-/m0/s1. The van der Waals surface area contributed by atoms with E-state index in [4.69, 9.17) is 4.74 Å². The summed E-state index contributed by atoms with van der Waals surface area (Å²) in [6.07, 6.45) is 1.40. The molecule has 2 aliphatic rings. The van der Waals surface area contributed by atoms with Crippen LogP contribution in [0.25, 0.3) is 0 Å². The molecule has 134 valence electrons. The average Bonchev–Trinajstić information content (AvgIpc) is 3.03. The molecule has 1 aromatic heterocycles. The highest BCUT2D eigenvalue weighted by Crippen LogP contribution is 2.50. The molecule has 1 aliphatic heterocycles. The Morgan fingerprint density at radius 3 is 2.73 bits per heavy atom. The third-order valence-corrected chi connectivity index (χ3v) is 5.30. The second-order valence-electron chi connectivity index (χ2n) is 6.31. The first-order chi connectivity index (χ1) is 12.5. The van der Waals surface area contributed by atoms with E-state index in [0.717, 1.165) is 12.1 Å². The Morgan fingerprint density at radius 1 is 1.42 bits per heavy atom. The number of ether oxygens (including phenoxy) is 1. The zero-order chi connectivity index (χ0) is 18.3. The van der Waals surface area contributed by atoms with Gasteiger partial charge >= 0.3 is 6.09 Å². The summed E-state index contributed by atoms with van der Waals surface area (Å²) in [6, 6.07) is 4.17. The van der Waals surface area contributed by atoms with Crippen molar-refractivity contribution in [2.75, 3.05) is 23.3 Å². The van der Waals surface area contributed by atoms with E-state index in [0.29, 0.717) is 24.5 Å². The number of anilines is 2. The number of nitrogens with zero attached hydrogens (tertiary/aromatic N) is 3. The second kappa shape index (κ2) is 6.21. The number of thiazole rings is 1. The first-order valence-electron chi connectivity index (χ1n) is 8.05. The minimum absolute atomic E-state index is 0.0826. The molecule has 2 heterocycles. The number of aromatic nitrogens is 1. The van der Waals surface area contributed by atoms with Crippen LogP contribution in [0.2, 0.25) is 0 Å². The van der Waals surface area contributed by atoms with Crippen molar-refractivity contribution >= 4 is 28.2 Å². The number of hydrogen-bond acceptors (Lipinski definition) is 6. The molecule has 1 saturated heterocycles. The number of amides is 1. The molecule has 1 atom stereocenters. The number of halogens is 2. The van der Waals surface area contributed by atoms with Gasteiger partial charge in [0, 0.05) is 17.1 Å². The van der Waals surface area contributed by atoms with Crippen molar-refractivity contribution in [3.8, 4) is 6.07 Å². The Labute approximate surface area is 152 Å². The molecule has 1 saturated carbocycles. The number of hydrogen-bond donors (Lipinski definition) is 1. The van der Waals surface area contributed by atoms with E-state index < -0.39 is 29.2 Å². The molecule has 0 bridgehead atoms. The quantitative estimate of drug-likeness (QED) is 0.865. The molecule has 1 amide bonds. The number of carbonyl (C=O) groups is 1. The first kappa shape index (κ1) is 16.7. The van der Waals surface area contributed by atoms with Crippen molar-refractivity contribution in [1.82, 2.24) is 4.98 Å². The van der Waals surface area contributed by atoms with E-state index in [9.17, 15) is 18.8 Å². The minimum Gasteiger partial charge on any atom is -0.442 e. The molecule has 2 aromatic rings. The fourth-order valence-electron chi connectivity index (χ4n) is 3.07. The Balaban J connectivity index is 1.51. The molecule has 1 N–H and O–H groups in total. The maximum atomic E-state index is 14.5. The lowest BCUT2D eigenvalue weighted by Gasteiger charge is -2.16. The lowest BCUT2D eigenvalue weighted by Crippen LogP contribution is -2.27. The zero-order valence-electron chi connectivity index (χ0n) is 13.5. The van der Waals surface area contributed by atoms with Gasteiger partial charge in [0.1, 0.15) is 17.7 Å². The maximum absolute atomic E-state index is 14.5. The van der Waals surface area contributed by atoms with Gasteiger partial charge in [0.25, 0.3) is 0 Å². The van der Waals surface area contributed by atoms with Crippen LogP contribution in [0.1, 0.15) is 18.4 Å². The molecule has 0 unspecified atom stereocenters. The van der Waals surface area contributed by atoms with Gasteiger partial charge in [-0.3, -0.25) is 4.90 Å². The lowest BCUT2D eigenvalue weighted by molar-refractivity contribution is 0.147. The van der Waals surface area contributed by atoms with Gasteiger partial charge < -0.3 is 10.1 Å². The van der Waals surface area contributed by atoms with Crippen LogP contribution in [-0.4, -0.2) is 30.3 Å². The van der Waals surface area contributed by atoms with Crippen LogP contribution in [0, 0.1) is 23.0 Å². The highest BCUT2D eigenvalue weighted by Gasteiger charge is 2.49. The van der Waals surface area contributed by atoms with E-state index in [-0.39, 0.29) is 17.8 Å². The smallest absolute Gasteiger partial charge is 0.414 e. The number of benzene rings is 1. The van der Waals surface area contributed by atoms with Crippen LogP contribution in [0.3, 0.4) is 0 Å². The Kier molecular flexibility index (Phi) is 4.00. The predicted molar refractivity (Wildman–Crippen MR) is 91.1 cm³/mol. The molecule has 9 heteroatoms. The third kappa shape index (κ3) is 2.86. The molecule has 1 aromatic carbocycles. The molecule has 0 spiro atoms. The van der Waals surface area contributed by atoms with E-state index in [2.05, 4.69) is 10.3 Å². The average molecular weight is 376 g/mol. The Bertz CT molecular complexity index is 870. The van der Waals surface area contributed by atoms with Crippen molar-refractivity contribution in [1.29, 1.82) is 5.26 Å². The molecular weight excluding hydrogens is 362 g/mol. The van der Waals surface area contributed by atoms with E-state index in [1.165, 1.54) is 16.2 Å². The molecule has 6 nitrogen and oxygen atoms in total. The van der Waals surface area contributed by atoms with Gasteiger partial charge in [0.2, 0.25) is 0 Å². The van der Waals surface area contributed by atoms with Gasteiger partial charge in [-0.2, -0.15) is 5.26 Å². The fraction of sp³-hybridized carbons (Fsp3) is 0.353. The van der Waals surface area contributed by atoms with E-state index >= 15 is 0 Å². The summed E-state index contributed by atoms with van der Waals surface area (Å²) in [7, 11) is 0. The number of nitrogens with one attached hydrogen (secondary N) is 1. The SMILES string of the molecule is N#CC1(c2c(F)cc(N3C[C@H](CNc4nccs4)OC3=O)cc2F)CC1. The fourth-order valence-corrected chi connectivity index (χ4v) is 3.61. The Hall–Kier alpha value is -2.73. The summed E-state index contributed by atoms with van der Waals surface area (Å²) in [5, 5.41) is 14.7. The lowest BCUT2D eigenvalue weighted by atomic mass is 9.96. The highest BCUT2D eigenvalue weighted by atomic mass is 32.1. The summed E-state index contributed by atoms with van der Waals surface area (Å²) in [5.74, 6) is -1.62. The number of cyclic esters (lactones) is 1. The van der Waals surface area contributed by atoms with Gasteiger partial charge in [-0.15, -0.1) is 11.3 Å². The third-order valence-electron chi connectivity index (χ3n) is 4.57. The van der Waals surface area contributed by atoms with Crippen molar-refractivity contribution in [3.63, 3.8) is 0 Å².